The maximum absolute atomic E-state index is 10.7. The van der Waals surface area contributed by atoms with Crippen LogP contribution in [0.15, 0.2) is 5.18 Å². The summed E-state index contributed by atoms with van der Waals surface area (Å²) in [6.07, 6.45) is 0.763. The molecule has 6 heteroatoms. The molecule has 0 bridgehead atoms. The minimum absolute atomic E-state index is 0.518. The molecule has 0 unspecified atom stereocenters. The van der Waals surface area contributed by atoms with Gasteiger partial charge in [-0.25, -0.2) is 0 Å². The van der Waals surface area contributed by atoms with E-state index in [-0.39, 0.29) is 0 Å². The molecule has 0 aromatic carbocycles. The molecule has 17 heavy (non-hydrogen) atoms. The van der Waals surface area contributed by atoms with E-state index >= 15 is 0 Å². The van der Waals surface area contributed by atoms with Crippen LogP contribution in [0.1, 0.15) is 18.3 Å². The highest BCUT2D eigenvalue weighted by molar-refractivity contribution is 5.43. The van der Waals surface area contributed by atoms with Crippen LogP contribution in [0.4, 0.5) is 5.69 Å². The van der Waals surface area contributed by atoms with E-state index < -0.39 is 0 Å². The van der Waals surface area contributed by atoms with Gasteiger partial charge in [-0.1, -0.05) is 6.92 Å². The molecule has 0 saturated heterocycles. The molecule has 0 aliphatic heterocycles. The maximum Gasteiger partial charge on any atom is 0.234 e. The molecule has 0 aliphatic carbocycles. The molecule has 96 valence electrons. The number of hydrogen-bond donors (Lipinski definition) is 1. The minimum Gasteiger partial charge on any atom is -0.382 e. The molecule has 0 aliphatic rings. The number of nitrogens with one attached hydrogen (secondary N) is 1. The summed E-state index contributed by atoms with van der Waals surface area (Å²) in [4.78, 5) is 10.7. The van der Waals surface area contributed by atoms with Gasteiger partial charge in [0.2, 0.25) is 11.4 Å². The lowest BCUT2D eigenvalue weighted by atomic mass is 10.2. The van der Waals surface area contributed by atoms with Gasteiger partial charge >= 0.3 is 0 Å². The van der Waals surface area contributed by atoms with E-state index in [0.29, 0.717) is 32.1 Å². The van der Waals surface area contributed by atoms with Crippen LogP contribution in [0.5, 0.6) is 0 Å². The summed E-state index contributed by atoms with van der Waals surface area (Å²) in [5.74, 6) is 0. The summed E-state index contributed by atoms with van der Waals surface area (Å²) in [7, 11) is 1.64. The minimum atomic E-state index is 0.518. The first-order valence-electron chi connectivity index (χ1n) is 5.75. The van der Waals surface area contributed by atoms with E-state index in [1.54, 1.807) is 7.11 Å². The number of methoxy groups -OCH3 is 1. The van der Waals surface area contributed by atoms with Gasteiger partial charge < -0.3 is 9.47 Å². The number of rotatable bonds is 8. The Hall–Kier alpha value is -1.27. The predicted molar refractivity (Wildman–Crippen MR) is 63.3 cm³/mol. The molecule has 1 rings (SSSR count). The summed E-state index contributed by atoms with van der Waals surface area (Å²) in [6, 6.07) is 0. The zero-order valence-electron chi connectivity index (χ0n) is 10.7. The van der Waals surface area contributed by atoms with Crippen molar-refractivity contribution in [3.05, 3.63) is 16.3 Å². The molecule has 1 N–H and O–H groups in total. The summed E-state index contributed by atoms with van der Waals surface area (Å²) >= 11 is 0. The van der Waals surface area contributed by atoms with Crippen molar-refractivity contribution in [1.29, 1.82) is 0 Å². The molecule has 1 aromatic rings. The molecule has 0 spiro atoms. The van der Waals surface area contributed by atoms with E-state index in [2.05, 4.69) is 10.3 Å². The Bertz CT molecular complexity index is 363. The first-order valence-corrected chi connectivity index (χ1v) is 5.75. The molecular formula is C11H20N3O3+. The number of nitroso groups, excluding NO2 is 1. The molecular weight excluding hydrogens is 222 g/mol. The number of ether oxygens (including phenoxy) is 2. The number of aromatic nitrogens is 2. The average Bonchev–Trinajstić information content (AvgIpc) is 2.65. The second-order valence-corrected chi connectivity index (χ2v) is 3.73. The Morgan fingerprint density at radius 3 is 2.65 bits per heavy atom. The predicted octanol–water partition coefficient (Wildman–Crippen LogP) is 1.23. The number of hydrogen-bond acceptors (Lipinski definition) is 4. The normalized spacial score (nSPS) is 10.8. The third-order valence-electron chi connectivity index (χ3n) is 2.64. The first kappa shape index (κ1) is 13.8. The Balaban J connectivity index is 2.53. The van der Waals surface area contributed by atoms with Gasteiger partial charge in [-0.15, -0.1) is 9.59 Å². The van der Waals surface area contributed by atoms with E-state index in [1.807, 2.05) is 18.5 Å². The van der Waals surface area contributed by atoms with Crippen LogP contribution in [0, 0.1) is 11.8 Å². The second kappa shape index (κ2) is 7.13. The zero-order chi connectivity index (χ0) is 12.7. The highest BCUT2D eigenvalue weighted by Gasteiger charge is 2.20. The SMILES string of the molecule is CCc1[nH][n+](CCOCCOC)c(C)c1N=O. The number of aryl methyl sites for hydroxylation is 1. The Morgan fingerprint density at radius 1 is 1.35 bits per heavy atom. The standard InChI is InChI=1S/C11H19N3O3/c1-4-10-11(13-15)9(2)14(12-10)5-6-17-8-7-16-3/h4-8H2,1-3H3/p+1. The molecule has 1 heterocycles. The maximum atomic E-state index is 10.7. The van der Waals surface area contributed by atoms with Crippen LogP contribution in [-0.4, -0.2) is 32.0 Å². The van der Waals surface area contributed by atoms with Gasteiger partial charge in [0.25, 0.3) is 0 Å². The van der Waals surface area contributed by atoms with Crippen LogP contribution in [-0.2, 0) is 22.4 Å². The highest BCUT2D eigenvalue weighted by Crippen LogP contribution is 2.19. The molecule has 0 amide bonds. The van der Waals surface area contributed by atoms with Crippen LogP contribution in [0.2, 0.25) is 0 Å². The Morgan fingerprint density at radius 2 is 2.12 bits per heavy atom. The Kier molecular flexibility index (Phi) is 5.79. The van der Waals surface area contributed by atoms with Gasteiger partial charge in [-0.05, 0) is 11.6 Å². The zero-order valence-corrected chi connectivity index (χ0v) is 10.7. The molecule has 6 nitrogen and oxygen atoms in total. The van der Waals surface area contributed by atoms with Crippen LogP contribution >= 0.6 is 0 Å². The average molecular weight is 242 g/mol. The van der Waals surface area contributed by atoms with Crippen LogP contribution in [0.25, 0.3) is 0 Å². The van der Waals surface area contributed by atoms with E-state index in [4.69, 9.17) is 9.47 Å². The van der Waals surface area contributed by atoms with Crippen LogP contribution < -0.4 is 4.68 Å². The van der Waals surface area contributed by atoms with Crippen molar-refractivity contribution >= 4 is 5.69 Å². The molecule has 0 atom stereocenters. The molecule has 1 aromatic heterocycles. The van der Waals surface area contributed by atoms with Crippen molar-refractivity contribution in [3.8, 4) is 0 Å². The first-order chi connectivity index (χ1) is 8.24. The summed E-state index contributed by atoms with van der Waals surface area (Å²) < 4.78 is 12.1. The molecule has 0 radical (unpaired) electrons. The van der Waals surface area contributed by atoms with E-state index in [1.165, 1.54) is 0 Å². The monoisotopic (exact) mass is 242 g/mol. The fraction of sp³-hybridized carbons (Fsp3) is 0.727. The largest absolute Gasteiger partial charge is 0.382 e. The lowest BCUT2D eigenvalue weighted by Crippen LogP contribution is -2.40. The highest BCUT2D eigenvalue weighted by atomic mass is 16.5. The van der Waals surface area contributed by atoms with Crippen molar-refractivity contribution in [2.45, 2.75) is 26.8 Å². The Labute approximate surface area is 101 Å². The van der Waals surface area contributed by atoms with Gasteiger partial charge in [0.15, 0.2) is 6.54 Å². The fourth-order valence-electron chi connectivity index (χ4n) is 1.64. The van der Waals surface area contributed by atoms with Crippen molar-refractivity contribution in [1.82, 2.24) is 5.10 Å². The van der Waals surface area contributed by atoms with Gasteiger partial charge in [0, 0.05) is 14.0 Å². The molecule has 0 fully saturated rings. The van der Waals surface area contributed by atoms with E-state index in [9.17, 15) is 4.91 Å². The number of H-pyrrole nitrogens is 1. The number of nitrogens with zero attached hydrogens (tertiary/aromatic N) is 2. The second-order valence-electron chi connectivity index (χ2n) is 3.73. The number of aromatic amines is 1. The van der Waals surface area contributed by atoms with Gasteiger partial charge in [-0.3, -0.25) is 0 Å². The quantitative estimate of drug-likeness (QED) is 0.423. The van der Waals surface area contributed by atoms with Gasteiger partial charge in [0.05, 0.1) is 13.2 Å². The van der Waals surface area contributed by atoms with Crippen molar-refractivity contribution in [2.24, 2.45) is 5.18 Å². The summed E-state index contributed by atoms with van der Waals surface area (Å²) in [6.45, 7) is 6.29. The summed E-state index contributed by atoms with van der Waals surface area (Å²) in [5.41, 5.74) is 2.24. The molecule has 0 saturated carbocycles. The third kappa shape index (κ3) is 3.61. The smallest absolute Gasteiger partial charge is 0.234 e. The van der Waals surface area contributed by atoms with Crippen molar-refractivity contribution < 1.29 is 14.2 Å². The topological polar surface area (TPSA) is 67.6 Å². The fourth-order valence-corrected chi connectivity index (χ4v) is 1.64. The van der Waals surface area contributed by atoms with Crippen LogP contribution in [0.3, 0.4) is 0 Å². The van der Waals surface area contributed by atoms with Gasteiger partial charge in [0.1, 0.15) is 12.3 Å². The van der Waals surface area contributed by atoms with Crippen molar-refractivity contribution in [2.75, 3.05) is 26.9 Å². The lowest BCUT2D eigenvalue weighted by Gasteiger charge is -1.99. The third-order valence-corrected chi connectivity index (χ3v) is 2.64. The van der Waals surface area contributed by atoms with Gasteiger partial charge in [-0.2, -0.15) is 5.10 Å². The summed E-state index contributed by atoms with van der Waals surface area (Å²) in [5, 5.41) is 6.21. The lowest BCUT2D eigenvalue weighted by molar-refractivity contribution is -0.756. The van der Waals surface area contributed by atoms with E-state index in [0.717, 1.165) is 17.8 Å². The van der Waals surface area contributed by atoms with Crippen molar-refractivity contribution in [3.63, 3.8) is 0 Å².